The van der Waals surface area contributed by atoms with Crippen LogP contribution in [0.4, 0.5) is 4.39 Å². The molecule has 9 heteroatoms. The summed E-state index contributed by atoms with van der Waals surface area (Å²) in [6.07, 6.45) is 3.38. The fourth-order valence-corrected chi connectivity index (χ4v) is 3.37. The largest absolute Gasteiger partial charge is 0.339 e. The van der Waals surface area contributed by atoms with E-state index in [1.807, 2.05) is 0 Å². The fraction of sp³-hybridized carbons (Fsp3) is 0.267. The molecule has 1 aliphatic rings. The molecular formula is C15H13FN4O3S. The number of aromatic amines is 1. The number of imidazole rings is 1. The van der Waals surface area contributed by atoms with Crippen molar-refractivity contribution in [2.24, 2.45) is 0 Å². The smallest absolute Gasteiger partial charge is 0.229 e. The minimum Gasteiger partial charge on any atom is -0.339 e. The van der Waals surface area contributed by atoms with Crippen LogP contribution in [0.5, 0.6) is 0 Å². The van der Waals surface area contributed by atoms with Gasteiger partial charge in [-0.3, -0.25) is 0 Å². The third-order valence-electron chi connectivity index (χ3n) is 3.73. The van der Waals surface area contributed by atoms with Gasteiger partial charge >= 0.3 is 0 Å². The van der Waals surface area contributed by atoms with E-state index in [4.69, 9.17) is 4.52 Å². The van der Waals surface area contributed by atoms with Gasteiger partial charge in [0.05, 0.1) is 11.9 Å². The van der Waals surface area contributed by atoms with E-state index in [-0.39, 0.29) is 28.5 Å². The Morgan fingerprint density at radius 1 is 1.25 bits per heavy atom. The van der Waals surface area contributed by atoms with E-state index in [2.05, 4.69) is 20.1 Å². The number of nitrogens with one attached hydrogen (secondary N) is 1. The average molecular weight is 348 g/mol. The molecule has 0 saturated heterocycles. The van der Waals surface area contributed by atoms with E-state index in [0.29, 0.717) is 17.1 Å². The van der Waals surface area contributed by atoms with E-state index in [0.717, 1.165) is 12.8 Å². The van der Waals surface area contributed by atoms with Crippen molar-refractivity contribution in [1.29, 1.82) is 0 Å². The van der Waals surface area contributed by atoms with Crippen molar-refractivity contribution in [1.82, 2.24) is 20.1 Å². The summed E-state index contributed by atoms with van der Waals surface area (Å²) in [5, 5.41) is 3.53. The number of hydrogen-bond donors (Lipinski definition) is 1. The highest BCUT2D eigenvalue weighted by molar-refractivity contribution is 7.90. The Balaban J connectivity index is 1.56. The lowest BCUT2D eigenvalue weighted by Gasteiger charge is -1.98. The predicted molar refractivity (Wildman–Crippen MR) is 81.1 cm³/mol. The molecule has 2 aromatic heterocycles. The number of H-pyrrole nitrogens is 1. The molecule has 4 rings (SSSR count). The molecule has 124 valence electrons. The molecule has 0 radical (unpaired) electrons. The van der Waals surface area contributed by atoms with Crippen LogP contribution in [0, 0.1) is 5.82 Å². The first-order chi connectivity index (χ1) is 11.5. The molecular weight excluding hydrogens is 335 g/mol. The Labute approximate surface area is 136 Å². The maximum absolute atomic E-state index is 13.0. The molecule has 24 heavy (non-hydrogen) atoms. The van der Waals surface area contributed by atoms with E-state index in [1.165, 1.54) is 18.3 Å². The van der Waals surface area contributed by atoms with Crippen LogP contribution < -0.4 is 0 Å². The Bertz CT molecular complexity index is 974. The van der Waals surface area contributed by atoms with Crippen molar-refractivity contribution in [2.75, 3.05) is 0 Å². The number of hydrogen-bond acceptors (Lipinski definition) is 6. The molecule has 0 unspecified atom stereocenters. The zero-order chi connectivity index (χ0) is 16.7. The zero-order valence-electron chi connectivity index (χ0n) is 12.4. The van der Waals surface area contributed by atoms with Gasteiger partial charge in [0.15, 0.2) is 5.82 Å². The van der Waals surface area contributed by atoms with Crippen LogP contribution in [0.25, 0.3) is 11.3 Å². The van der Waals surface area contributed by atoms with Gasteiger partial charge in [-0.2, -0.15) is 4.98 Å². The number of sulfone groups is 1. The maximum atomic E-state index is 13.0. The van der Waals surface area contributed by atoms with Gasteiger partial charge in [0.1, 0.15) is 11.6 Å². The Morgan fingerprint density at radius 2 is 2.00 bits per heavy atom. The van der Waals surface area contributed by atoms with E-state index < -0.39 is 9.84 Å². The topological polar surface area (TPSA) is 102 Å². The Kier molecular flexibility index (Phi) is 3.45. The van der Waals surface area contributed by atoms with Crippen molar-refractivity contribution in [3.05, 3.63) is 48.0 Å². The Morgan fingerprint density at radius 3 is 2.71 bits per heavy atom. The van der Waals surface area contributed by atoms with Gasteiger partial charge in [-0.15, -0.1) is 0 Å². The highest BCUT2D eigenvalue weighted by atomic mass is 32.2. The van der Waals surface area contributed by atoms with Crippen LogP contribution in [-0.4, -0.2) is 28.5 Å². The van der Waals surface area contributed by atoms with Crippen LogP contribution in [0.2, 0.25) is 0 Å². The molecule has 2 heterocycles. The lowest BCUT2D eigenvalue weighted by Crippen LogP contribution is -2.08. The number of rotatable bonds is 5. The third-order valence-corrected chi connectivity index (χ3v) is 5.17. The van der Waals surface area contributed by atoms with Gasteiger partial charge in [0, 0.05) is 5.92 Å². The van der Waals surface area contributed by atoms with Crippen molar-refractivity contribution in [2.45, 2.75) is 29.7 Å². The minimum atomic E-state index is -3.73. The summed E-state index contributed by atoms with van der Waals surface area (Å²) in [6.45, 7) is 0. The SMILES string of the molecule is O=S(=O)(Cc1noc(C2CC2)n1)c1ncc(-c2ccc(F)cc2)[nH]1. The standard InChI is InChI=1S/C15H13FN4O3S/c16-11-5-3-9(4-6-11)12-7-17-15(18-12)24(21,22)8-13-19-14(23-20-13)10-1-2-10/h3-7,10H,1-2,8H2,(H,17,18). The second-order valence-corrected chi connectivity index (χ2v) is 7.60. The van der Waals surface area contributed by atoms with E-state index >= 15 is 0 Å². The number of nitrogens with zero attached hydrogens (tertiary/aromatic N) is 3. The maximum Gasteiger partial charge on any atom is 0.229 e. The van der Waals surface area contributed by atoms with Gasteiger partial charge in [-0.1, -0.05) is 5.16 Å². The molecule has 7 nitrogen and oxygen atoms in total. The average Bonchev–Trinajstić information content (AvgIpc) is 3.08. The Hall–Kier alpha value is -2.55. The molecule has 0 bridgehead atoms. The zero-order valence-corrected chi connectivity index (χ0v) is 13.3. The summed E-state index contributed by atoms with van der Waals surface area (Å²) in [4.78, 5) is 10.8. The monoisotopic (exact) mass is 348 g/mol. The molecule has 0 atom stereocenters. The molecule has 1 N–H and O–H groups in total. The quantitative estimate of drug-likeness (QED) is 0.760. The summed E-state index contributed by atoms with van der Waals surface area (Å²) in [5.74, 6) is 0.125. The number of aromatic nitrogens is 4. The van der Waals surface area contributed by atoms with E-state index in [9.17, 15) is 12.8 Å². The molecule has 3 aromatic rings. The lowest BCUT2D eigenvalue weighted by molar-refractivity contribution is 0.375. The van der Waals surface area contributed by atoms with Crippen LogP contribution >= 0.6 is 0 Å². The summed E-state index contributed by atoms with van der Waals surface area (Å²) < 4.78 is 42.9. The summed E-state index contributed by atoms with van der Waals surface area (Å²) in [5.41, 5.74) is 1.13. The van der Waals surface area contributed by atoms with Gasteiger partial charge in [-0.25, -0.2) is 17.8 Å². The molecule has 1 aliphatic carbocycles. The van der Waals surface area contributed by atoms with Crippen LogP contribution in [0.1, 0.15) is 30.5 Å². The molecule has 0 spiro atoms. The van der Waals surface area contributed by atoms with Gasteiger partial charge < -0.3 is 9.51 Å². The van der Waals surface area contributed by atoms with Crippen molar-refractivity contribution >= 4 is 9.84 Å². The van der Waals surface area contributed by atoms with Gasteiger partial charge in [0.25, 0.3) is 0 Å². The molecule has 0 amide bonds. The van der Waals surface area contributed by atoms with Gasteiger partial charge in [0.2, 0.25) is 20.9 Å². The first-order valence-corrected chi connectivity index (χ1v) is 9.03. The molecule has 1 fully saturated rings. The first kappa shape index (κ1) is 15.0. The van der Waals surface area contributed by atoms with Gasteiger partial charge in [-0.05, 0) is 42.7 Å². The lowest BCUT2D eigenvalue weighted by atomic mass is 10.2. The van der Waals surface area contributed by atoms with Crippen LogP contribution in [0.15, 0.2) is 40.1 Å². The minimum absolute atomic E-state index is 0.122. The van der Waals surface area contributed by atoms with Crippen LogP contribution in [0.3, 0.4) is 0 Å². The predicted octanol–water partition coefficient (Wildman–Crippen LogP) is 2.45. The van der Waals surface area contributed by atoms with E-state index in [1.54, 1.807) is 12.1 Å². The summed E-state index contributed by atoms with van der Waals surface area (Å²) in [6, 6.07) is 5.67. The highest BCUT2D eigenvalue weighted by Gasteiger charge is 2.31. The normalized spacial score (nSPS) is 14.9. The second kappa shape index (κ2) is 5.52. The number of benzene rings is 1. The summed E-state index contributed by atoms with van der Waals surface area (Å²) in [7, 11) is -3.73. The van der Waals surface area contributed by atoms with Crippen molar-refractivity contribution in [3.8, 4) is 11.3 Å². The second-order valence-electron chi connectivity index (χ2n) is 5.69. The molecule has 0 aliphatic heterocycles. The number of halogens is 1. The van der Waals surface area contributed by atoms with Crippen molar-refractivity contribution in [3.63, 3.8) is 0 Å². The fourth-order valence-electron chi connectivity index (χ4n) is 2.30. The highest BCUT2D eigenvalue weighted by Crippen LogP contribution is 2.38. The molecule has 1 saturated carbocycles. The summed E-state index contributed by atoms with van der Waals surface area (Å²) >= 11 is 0. The van der Waals surface area contributed by atoms with Crippen molar-refractivity contribution < 1.29 is 17.3 Å². The molecule has 1 aromatic carbocycles. The van der Waals surface area contributed by atoms with Crippen LogP contribution in [-0.2, 0) is 15.6 Å². The first-order valence-electron chi connectivity index (χ1n) is 7.37. The third kappa shape index (κ3) is 2.94.